The van der Waals surface area contributed by atoms with Gasteiger partial charge < -0.3 is 14.8 Å². The van der Waals surface area contributed by atoms with Crippen LogP contribution in [-0.4, -0.2) is 20.3 Å². The molecule has 0 amide bonds. The number of nitrogens with one attached hydrogen (secondary N) is 1. The second-order valence-electron chi connectivity index (χ2n) is 4.83. The first-order chi connectivity index (χ1) is 9.72. The Morgan fingerprint density at radius 1 is 1.15 bits per heavy atom. The molecule has 0 radical (unpaired) electrons. The number of hydrogen-bond acceptors (Lipinski definition) is 3. The smallest absolute Gasteiger partial charge is 0.165 e. The molecule has 0 saturated heterocycles. The van der Waals surface area contributed by atoms with Gasteiger partial charge in [-0.1, -0.05) is 38.3 Å². The minimum atomic E-state index is 0.677. The monoisotopic (exact) mass is 299 g/mol. The lowest BCUT2D eigenvalue weighted by molar-refractivity contribution is 0.290. The van der Waals surface area contributed by atoms with Crippen LogP contribution in [0.1, 0.15) is 45.1 Å². The SMILES string of the molecule is CCCCCNCc1cc(Cl)cc(OC)c1OCCC. The highest BCUT2D eigenvalue weighted by atomic mass is 35.5. The third-order valence-corrected chi connectivity index (χ3v) is 3.26. The number of benzene rings is 1. The maximum Gasteiger partial charge on any atom is 0.165 e. The summed E-state index contributed by atoms with van der Waals surface area (Å²) in [5.74, 6) is 1.51. The summed E-state index contributed by atoms with van der Waals surface area (Å²) in [6.45, 7) is 6.74. The van der Waals surface area contributed by atoms with Crippen molar-refractivity contribution in [3.63, 3.8) is 0 Å². The summed E-state index contributed by atoms with van der Waals surface area (Å²) in [5, 5.41) is 4.11. The molecule has 0 unspecified atom stereocenters. The van der Waals surface area contributed by atoms with E-state index in [0.717, 1.165) is 30.8 Å². The molecule has 0 aromatic heterocycles. The van der Waals surface area contributed by atoms with Crippen molar-refractivity contribution in [2.24, 2.45) is 0 Å². The Kier molecular flexibility index (Phi) is 8.47. The highest BCUT2D eigenvalue weighted by Gasteiger charge is 2.12. The summed E-state index contributed by atoms with van der Waals surface area (Å²) in [4.78, 5) is 0. The van der Waals surface area contributed by atoms with Crippen molar-refractivity contribution in [3.05, 3.63) is 22.7 Å². The molecule has 0 heterocycles. The Hall–Kier alpha value is -0.930. The molecule has 3 nitrogen and oxygen atoms in total. The Labute approximate surface area is 127 Å². The number of rotatable bonds is 10. The summed E-state index contributed by atoms with van der Waals surface area (Å²) >= 11 is 6.13. The summed E-state index contributed by atoms with van der Waals surface area (Å²) in [6, 6.07) is 3.75. The standard InChI is InChI=1S/C16H26ClNO2/c1-4-6-7-8-18-12-13-10-14(17)11-15(19-3)16(13)20-9-5-2/h10-11,18H,4-9,12H2,1-3H3. The molecule has 114 valence electrons. The normalized spacial score (nSPS) is 10.6. The van der Waals surface area contributed by atoms with E-state index >= 15 is 0 Å². The summed E-state index contributed by atoms with van der Waals surface area (Å²) in [6.07, 6.45) is 4.65. The molecule has 0 saturated carbocycles. The third-order valence-electron chi connectivity index (χ3n) is 3.04. The molecule has 1 aromatic carbocycles. The van der Waals surface area contributed by atoms with Gasteiger partial charge in [-0.15, -0.1) is 0 Å². The third kappa shape index (κ3) is 5.59. The van der Waals surface area contributed by atoms with Crippen molar-refractivity contribution < 1.29 is 9.47 Å². The van der Waals surface area contributed by atoms with Gasteiger partial charge in [-0.2, -0.15) is 0 Å². The molecule has 0 fully saturated rings. The molecular weight excluding hydrogens is 274 g/mol. The van der Waals surface area contributed by atoms with Crippen LogP contribution in [0.3, 0.4) is 0 Å². The molecule has 1 aromatic rings. The minimum Gasteiger partial charge on any atom is -0.493 e. The molecule has 1 N–H and O–H groups in total. The number of unbranched alkanes of at least 4 members (excludes halogenated alkanes) is 2. The molecule has 0 aliphatic heterocycles. The van der Waals surface area contributed by atoms with Gasteiger partial charge in [0.2, 0.25) is 0 Å². The maximum atomic E-state index is 6.13. The lowest BCUT2D eigenvalue weighted by Crippen LogP contribution is -2.16. The van der Waals surface area contributed by atoms with Crippen LogP contribution in [0.15, 0.2) is 12.1 Å². The Morgan fingerprint density at radius 2 is 1.95 bits per heavy atom. The molecular formula is C16H26ClNO2. The average Bonchev–Trinajstić information content (AvgIpc) is 2.45. The van der Waals surface area contributed by atoms with Crippen molar-refractivity contribution in [2.75, 3.05) is 20.3 Å². The quantitative estimate of drug-likeness (QED) is 0.649. The van der Waals surface area contributed by atoms with Crippen LogP contribution in [0.2, 0.25) is 5.02 Å². The Balaban J connectivity index is 2.72. The fourth-order valence-corrected chi connectivity index (χ4v) is 2.23. The van der Waals surface area contributed by atoms with Gasteiger partial charge in [-0.25, -0.2) is 0 Å². The first-order valence-electron chi connectivity index (χ1n) is 7.42. The Morgan fingerprint density at radius 3 is 2.60 bits per heavy atom. The van der Waals surface area contributed by atoms with E-state index in [-0.39, 0.29) is 0 Å². The van der Waals surface area contributed by atoms with Crippen LogP contribution in [0.5, 0.6) is 11.5 Å². The van der Waals surface area contributed by atoms with Crippen molar-refractivity contribution in [1.82, 2.24) is 5.32 Å². The van der Waals surface area contributed by atoms with Crippen molar-refractivity contribution >= 4 is 11.6 Å². The topological polar surface area (TPSA) is 30.5 Å². The molecule has 0 atom stereocenters. The van der Waals surface area contributed by atoms with Crippen molar-refractivity contribution in [3.8, 4) is 11.5 Å². The minimum absolute atomic E-state index is 0.677. The molecule has 4 heteroatoms. The second-order valence-corrected chi connectivity index (χ2v) is 5.27. The highest BCUT2D eigenvalue weighted by Crippen LogP contribution is 2.34. The lowest BCUT2D eigenvalue weighted by Gasteiger charge is -2.16. The largest absolute Gasteiger partial charge is 0.493 e. The van der Waals surface area contributed by atoms with Crippen LogP contribution in [-0.2, 0) is 6.54 Å². The molecule has 0 bridgehead atoms. The number of hydrogen-bond donors (Lipinski definition) is 1. The van der Waals surface area contributed by atoms with Crippen LogP contribution in [0, 0.1) is 0 Å². The highest BCUT2D eigenvalue weighted by molar-refractivity contribution is 6.30. The molecule has 1 rings (SSSR count). The van der Waals surface area contributed by atoms with Gasteiger partial charge in [-0.05, 0) is 25.5 Å². The van der Waals surface area contributed by atoms with Crippen molar-refractivity contribution in [1.29, 1.82) is 0 Å². The summed E-state index contributed by atoms with van der Waals surface area (Å²) < 4.78 is 11.2. The zero-order valence-corrected chi connectivity index (χ0v) is 13.6. The second kappa shape index (κ2) is 9.89. The van der Waals surface area contributed by atoms with E-state index in [9.17, 15) is 0 Å². The predicted molar refractivity (Wildman–Crippen MR) is 85.0 cm³/mol. The van der Waals surface area contributed by atoms with Gasteiger partial charge in [0, 0.05) is 23.2 Å². The number of ether oxygens (including phenoxy) is 2. The van der Waals surface area contributed by atoms with Crippen molar-refractivity contribution in [2.45, 2.75) is 46.1 Å². The van der Waals surface area contributed by atoms with E-state index in [4.69, 9.17) is 21.1 Å². The van der Waals surface area contributed by atoms with E-state index in [1.54, 1.807) is 13.2 Å². The van der Waals surface area contributed by atoms with Gasteiger partial charge in [0.05, 0.1) is 13.7 Å². The first-order valence-corrected chi connectivity index (χ1v) is 7.80. The molecule has 0 aliphatic rings. The first kappa shape index (κ1) is 17.1. The van der Waals surface area contributed by atoms with Crippen LogP contribution >= 0.6 is 11.6 Å². The van der Waals surface area contributed by atoms with E-state index in [2.05, 4.69) is 19.2 Å². The predicted octanol–water partition coefficient (Wildman–Crippen LogP) is 4.42. The molecule has 0 aliphatic carbocycles. The van der Waals surface area contributed by atoms with Crippen LogP contribution in [0.4, 0.5) is 0 Å². The van der Waals surface area contributed by atoms with Gasteiger partial charge >= 0.3 is 0 Å². The zero-order chi connectivity index (χ0) is 14.8. The Bertz CT molecular complexity index is 396. The zero-order valence-electron chi connectivity index (χ0n) is 12.8. The fraction of sp³-hybridized carbons (Fsp3) is 0.625. The maximum absolute atomic E-state index is 6.13. The summed E-state index contributed by atoms with van der Waals surface area (Å²) in [7, 11) is 1.64. The van der Waals surface area contributed by atoms with Gasteiger partial charge in [0.25, 0.3) is 0 Å². The van der Waals surface area contributed by atoms with E-state index in [1.165, 1.54) is 19.3 Å². The molecule has 20 heavy (non-hydrogen) atoms. The van der Waals surface area contributed by atoms with Gasteiger partial charge in [0.1, 0.15) is 0 Å². The number of halogens is 1. The van der Waals surface area contributed by atoms with Crippen LogP contribution in [0.25, 0.3) is 0 Å². The van der Waals surface area contributed by atoms with E-state index in [0.29, 0.717) is 17.4 Å². The fourth-order valence-electron chi connectivity index (χ4n) is 2.00. The van der Waals surface area contributed by atoms with Gasteiger partial charge in [-0.3, -0.25) is 0 Å². The number of methoxy groups -OCH3 is 1. The van der Waals surface area contributed by atoms with E-state index < -0.39 is 0 Å². The molecule has 0 spiro atoms. The lowest BCUT2D eigenvalue weighted by atomic mass is 10.1. The summed E-state index contributed by atoms with van der Waals surface area (Å²) in [5.41, 5.74) is 1.05. The average molecular weight is 300 g/mol. The van der Waals surface area contributed by atoms with Gasteiger partial charge in [0.15, 0.2) is 11.5 Å². The van der Waals surface area contributed by atoms with E-state index in [1.807, 2.05) is 6.07 Å². The van der Waals surface area contributed by atoms with Crippen LogP contribution < -0.4 is 14.8 Å².